The van der Waals surface area contributed by atoms with Crippen molar-refractivity contribution in [1.29, 1.82) is 0 Å². The van der Waals surface area contributed by atoms with Crippen LogP contribution < -0.4 is 4.74 Å². The third kappa shape index (κ3) is 4.31. The minimum absolute atomic E-state index is 0.111. The smallest absolute Gasteiger partial charge is 0.406 e. The van der Waals surface area contributed by atoms with E-state index in [4.69, 9.17) is 11.6 Å². The molecule has 0 aliphatic heterocycles. The van der Waals surface area contributed by atoms with Crippen LogP contribution in [0.3, 0.4) is 0 Å². The first-order chi connectivity index (χ1) is 7.42. The molecule has 0 bridgehead atoms. The average Bonchev–Trinajstić information content (AvgIpc) is 2.18. The second kappa shape index (κ2) is 5.43. The maximum Gasteiger partial charge on any atom is 0.573 e. The van der Waals surface area contributed by atoms with Gasteiger partial charge in [0.2, 0.25) is 0 Å². The Bertz CT molecular complexity index is 338. The minimum Gasteiger partial charge on any atom is -0.406 e. The van der Waals surface area contributed by atoms with E-state index >= 15 is 0 Å². The Labute approximate surface area is 97.2 Å². The summed E-state index contributed by atoms with van der Waals surface area (Å²) >= 11 is 5.62. The predicted molar refractivity (Wildman–Crippen MR) is 56.7 cm³/mol. The molecule has 1 atom stereocenters. The second-order valence-corrected chi connectivity index (χ2v) is 3.93. The van der Waals surface area contributed by atoms with Crippen LogP contribution in [0.5, 0.6) is 5.75 Å². The van der Waals surface area contributed by atoms with Gasteiger partial charge in [-0.15, -0.1) is 24.8 Å². The Morgan fingerprint density at radius 3 is 2.50 bits per heavy atom. The highest BCUT2D eigenvalue weighted by Gasteiger charge is 2.32. The first kappa shape index (κ1) is 13.2. The van der Waals surface area contributed by atoms with E-state index in [2.05, 4.69) is 4.74 Å². The highest BCUT2D eigenvalue weighted by atomic mass is 35.5. The molecule has 1 nitrogen and oxygen atoms in total. The van der Waals surface area contributed by atoms with Gasteiger partial charge in [-0.1, -0.05) is 25.1 Å². The fourth-order valence-corrected chi connectivity index (χ4v) is 1.44. The molecule has 0 radical (unpaired) electrons. The van der Waals surface area contributed by atoms with Crippen LogP contribution in [0.4, 0.5) is 13.2 Å². The van der Waals surface area contributed by atoms with Crippen LogP contribution in [0.1, 0.15) is 12.5 Å². The molecule has 90 valence electrons. The molecule has 1 rings (SSSR count). The lowest BCUT2D eigenvalue weighted by molar-refractivity contribution is -0.274. The fraction of sp³-hybridized carbons (Fsp3) is 0.455. The monoisotopic (exact) mass is 252 g/mol. The van der Waals surface area contributed by atoms with Gasteiger partial charge in [0, 0.05) is 5.88 Å². The van der Waals surface area contributed by atoms with E-state index in [1.54, 1.807) is 12.1 Å². The normalized spacial score (nSPS) is 13.6. The van der Waals surface area contributed by atoms with E-state index in [1.807, 2.05) is 6.92 Å². The lowest BCUT2D eigenvalue weighted by Gasteiger charge is -2.14. The minimum atomic E-state index is -4.65. The molecule has 1 unspecified atom stereocenters. The average molecular weight is 253 g/mol. The van der Waals surface area contributed by atoms with Crippen molar-refractivity contribution < 1.29 is 17.9 Å². The molecule has 1 aromatic rings. The molecule has 0 fully saturated rings. The summed E-state index contributed by atoms with van der Waals surface area (Å²) in [5, 5.41) is 0. The van der Waals surface area contributed by atoms with Crippen LogP contribution in [0, 0.1) is 5.92 Å². The number of rotatable bonds is 4. The van der Waals surface area contributed by atoms with Gasteiger partial charge in [0.1, 0.15) is 5.75 Å². The Morgan fingerprint density at radius 2 is 1.94 bits per heavy atom. The predicted octanol–water partition coefficient (Wildman–Crippen LogP) is 4.00. The lowest BCUT2D eigenvalue weighted by atomic mass is 10.0. The molecule has 5 heteroatoms. The molecule has 0 aliphatic rings. The first-order valence-electron chi connectivity index (χ1n) is 4.82. The van der Waals surface area contributed by atoms with Gasteiger partial charge in [0.15, 0.2) is 0 Å². The van der Waals surface area contributed by atoms with Crippen LogP contribution in [0.25, 0.3) is 0 Å². The van der Waals surface area contributed by atoms with Gasteiger partial charge in [-0.2, -0.15) is 0 Å². The molecule has 0 N–H and O–H groups in total. The summed E-state index contributed by atoms with van der Waals surface area (Å²) < 4.78 is 40.2. The van der Waals surface area contributed by atoms with Crippen LogP contribution in [0.2, 0.25) is 0 Å². The molecule has 0 heterocycles. The lowest BCUT2D eigenvalue weighted by Crippen LogP contribution is -2.18. The van der Waals surface area contributed by atoms with E-state index < -0.39 is 6.36 Å². The zero-order valence-corrected chi connectivity index (χ0v) is 9.48. The number of hydrogen-bond acceptors (Lipinski definition) is 1. The second-order valence-electron chi connectivity index (χ2n) is 3.62. The van der Waals surface area contributed by atoms with E-state index in [1.165, 1.54) is 12.1 Å². The van der Waals surface area contributed by atoms with Crippen molar-refractivity contribution in [2.45, 2.75) is 19.7 Å². The van der Waals surface area contributed by atoms with Crippen molar-refractivity contribution in [3.63, 3.8) is 0 Å². The van der Waals surface area contributed by atoms with Crippen LogP contribution in [0.15, 0.2) is 24.3 Å². The molecule has 0 aliphatic carbocycles. The largest absolute Gasteiger partial charge is 0.573 e. The van der Waals surface area contributed by atoms with Gasteiger partial charge >= 0.3 is 6.36 Å². The van der Waals surface area contributed by atoms with Crippen molar-refractivity contribution in [2.75, 3.05) is 5.88 Å². The van der Waals surface area contributed by atoms with Gasteiger partial charge in [0.25, 0.3) is 0 Å². The van der Waals surface area contributed by atoms with Crippen LogP contribution in [-0.2, 0) is 6.42 Å². The van der Waals surface area contributed by atoms with Gasteiger partial charge in [0.05, 0.1) is 0 Å². The number of para-hydroxylation sites is 1. The summed E-state index contributed by atoms with van der Waals surface area (Å²) in [4.78, 5) is 0. The fourth-order valence-electron chi connectivity index (χ4n) is 1.33. The number of benzene rings is 1. The molecule has 1 aromatic carbocycles. The van der Waals surface area contributed by atoms with Gasteiger partial charge < -0.3 is 4.74 Å². The summed E-state index contributed by atoms with van der Waals surface area (Å²) in [6.45, 7) is 1.87. The van der Waals surface area contributed by atoms with E-state index in [0.717, 1.165) is 0 Å². The molecule has 0 saturated carbocycles. The summed E-state index contributed by atoms with van der Waals surface area (Å²) in [5.74, 6) is 0.368. The summed E-state index contributed by atoms with van der Waals surface area (Å²) in [7, 11) is 0. The van der Waals surface area contributed by atoms with E-state index in [-0.39, 0.29) is 11.7 Å². The number of halogens is 4. The molecule has 16 heavy (non-hydrogen) atoms. The van der Waals surface area contributed by atoms with Crippen molar-refractivity contribution >= 4 is 11.6 Å². The molecule has 0 saturated heterocycles. The van der Waals surface area contributed by atoms with Crippen molar-refractivity contribution in [3.05, 3.63) is 29.8 Å². The standard InChI is InChI=1S/C11H12ClF3O/c1-8(7-12)6-9-4-2-3-5-10(9)16-11(13,14)15/h2-5,8H,6-7H2,1H3. The van der Waals surface area contributed by atoms with Crippen molar-refractivity contribution in [2.24, 2.45) is 5.92 Å². The number of ether oxygens (including phenoxy) is 1. The number of alkyl halides is 4. The Kier molecular flexibility index (Phi) is 4.47. The van der Waals surface area contributed by atoms with Crippen LogP contribution in [-0.4, -0.2) is 12.2 Å². The van der Waals surface area contributed by atoms with Gasteiger partial charge in [-0.25, -0.2) is 0 Å². The number of hydrogen-bond donors (Lipinski definition) is 0. The third-order valence-corrected chi connectivity index (χ3v) is 2.56. The highest BCUT2D eigenvalue weighted by molar-refractivity contribution is 6.18. The molecular weight excluding hydrogens is 241 g/mol. The first-order valence-corrected chi connectivity index (χ1v) is 5.35. The molecule has 0 aromatic heterocycles. The zero-order chi connectivity index (χ0) is 12.2. The molecular formula is C11H12ClF3O. The summed E-state index contributed by atoms with van der Waals surface area (Å²) in [6, 6.07) is 6.11. The Hall–Kier alpha value is -0.900. The SMILES string of the molecule is CC(CCl)Cc1ccccc1OC(F)(F)F. The van der Waals surface area contributed by atoms with Gasteiger partial charge in [-0.3, -0.25) is 0 Å². The zero-order valence-electron chi connectivity index (χ0n) is 8.72. The quantitative estimate of drug-likeness (QED) is 0.736. The van der Waals surface area contributed by atoms with Crippen molar-refractivity contribution in [1.82, 2.24) is 0 Å². The highest BCUT2D eigenvalue weighted by Crippen LogP contribution is 2.27. The summed E-state index contributed by atoms with van der Waals surface area (Å²) in [5.41, 5.74) is 0.521. The molecule has 0 spiro atoms. The maximum atomic E-state index is 12.1. The topological polar surface area (TPSA) is 9.23 Å². The third-order valence-electron chi connectivity index (χ3n) is 2.03. The Morgan fingerprint density at radius 1 is 1.31 bits per heavy atom. The van der Waals surface area contributed by atoms with Gasteiger partial charge in [-0.05, 0) is 24.0 Å². The maximum absolute atomic E-state index is 12.1. The Balaban J connectivity index is 2.83. The van der Waals surface area contributed by atoms with E-state index in [9.17, 15) is 13.2 Å². The van der Waals surface area contributed by atoms with Crippen LogP contribution >= 0.6 is 11.6 Å². The van der Waals surface area contributed by atoms with E-state index in [0.29, 0.717) is 17.9 Å². The molecule has 0 amide bonds. The summed E-state index contributed by atoms with van der Waals surface area (Å²) in [6.07, 6.45) is -4.18. The van der Waals surface area contributed by atoms with Crippen molar-refractivity contribution in [3.8, 4) is 5.75 Å².